The topological polar surface area (TPSA) is 78.7 Å². The highest BCUT2D eigenvalue weighted by molar-refractivity contribution is 9.10. The molecule has 1 aromatic heterocycles. The SMILES string of the molecule is N=C1C(c2nc(-c3ccc(Br)cc3)cs2)=C(O)CN1C[C@H]1COc2ccccc2O1. The maximum Gasteiger partial charge on any atom is 0.161 e. The van der Waals surface area contributed by atoms with Gasteiger partial charge in [-0.15, -0.1) is 11.3 Å². The first kappa shape index (κ1) is 19.1. The van der Waals surface area contributed by atoms with E-state index in [1.165, 1.54) is 11.3 Å². The number of hydrogen-bond acceptors (Lipinski definition) is 6. The summed E-state index contributed by atoms with van der Waals surface area (Å²) in [6.07, 6.45) is -0.220. The molecular formula is C22H18BrN3O3S. The average molecular weight is 484 g/mol. The molecule has 2 aliphatic heterocycles. The number of thiazole rings is 1. The maximum absolute atomic E-state index is 10.6. The molecule has 3 heterocycles. The van der Waals surface area contributed by atoms with Crippen LogP contribution < -0.4 is 9.47 Å². The van der Waals surface area contributed by atoms with Crippen molar-refractivity contribution in [3.8, 4) is 22.8 Å². The average Bonchev–Trinajstić information content (AvgIpc) is 3.33. The summed E-state index contributed by atoms with van der Waals surface area (Å²) < 4.78 is 12.8. The Morgan fingerprint density at radius 3 is 2.73 bits per heavy atom. The zero-order valence-electron chi connectivity index (χ0n) is 15.8. The molecule has 2 N–H and O–H groups in total. The number of aromatic nitrogens is 1. The minimum atomic E-state index is -0.220. The molecule has 152 valence electrons. The Labute approximate surface area is 186 Å². The summed E-state index contributed by atoms with van der Waals surface area (Å²) in [4.78, 5) is 6.46. The van der Waals surface area contributed by atoms with Gasteiger partial charge in [-0.25, -0.2) is 4.98 Å². The number of fused-ring (bicyclic) bond motifs is 1. The summed E-state index contributed by atoms with van der Waals surface area (Å²) >= 11 is 4.87. The van der Waals surface area contributed by atoms with Crippen LogP contribution >= 0.6 is 27.3 Å². The monoisotopic (exact) mass is 483 g/mol. The Morgan fingerprint density at radius 2 is 1.93 bits per heavy atom. The molecule has 0 unspecified atom stereocenters. The van der Waals surface area contributed by atoms with Gasteiger partial charge in [-0.1, -0.05) is 40.2 Å². The number of amidine groups is 1. The first-order valence-corrected chi connectivity index (χ1v) is 11.1. The zero-order chi connectivity index (χ0) is 20.7. The number of hydrogen-bond donors (Lipinski definition) is 2. The molecule has 0 radical (unpaired) electrons. The van der Waals surface area contributed by atoms with Crippen molar-refractivity contribution >= 4 is 38.7 Å². The van der Waals surface area contributed by atoms with E-state index >= 15 is 0 Å². The number of nitrogens with zero attached hydrogens (tertiary/aromatic N) is 2. The summed E-state index contributed by atoms with van der Waals surface area (Å²) in [5.41, 5.74) is 2.31. The van der Waals surface area contributed by atoms with Crippen LogP contribution in [-0.4, -0.2) is 46.6 Å². The number of para-hydroxylation sites is 2. The maximum atomic E-state index is 10.6. The molecule has 2 aromatic carbocycles. The molecule has 3 aromatic rings. The van der Waals surface area contributed by atoms with Crippen molar-refractivity contribution in [2.75, 3.05) is 19.7 Å². The fourth-order valence-corrected chi connectivity index (χ4v) is 4.71. The normalized spacial score (nSPS) is 18.2. The molecule has 0 aliphatic carbocycles. The predicted molar refractivity (Wildman–Crippen MR) is 120 cm³/mol. The molecule has 5 rings (SSSR count). The lowest BCUT2D eigenvalue weighted by Crippen LogP contribution is -2.42. The lowest BCUT2D eigenvalue weighted by molar-refractivity contribution is 0.0751. The third-order valence-electron chi connectivity index (χ3n) is 5.03. The van der Waals surface area contributed by atoms with Gasteiger partial charge in [0.25, 0.3) is 0 Å². The van der Waals surface area contributed by atoms with Crippen LogP contribution in [-0.2, 0) is 0 Å². The first-order valence-electron chi connectivity index (χ1n) is 9.45. The highest BCUT2D eigenvalue weighted by Gasteiger charge is 2.33. The fourth-order valence-electron chi connectivity index (χ4n) is 3.55. The van der Waals surface area contributed by atoms with E-state index in [1.54, 1.807) is 4.90 Å². The van der Waals surface area contributed by atoms with Crippen LogP contribution in [0.25, 0.3) is 16.8 Å². The number of aliphatic hydroxyl groups is 1. The number of halogens is 1. The Hall–Kier alpha value is -2.84. The van der Waals surface area contributed by atoms with Crippen molar-refractivity contribution in [2.45, 2.75) is 6.10 Å². The van der Waals surface area contributed by atoms with Gasteiger partial charge in [-0.05, 0) is 24.3 Å². The first-order chi connectivity index (χ1) is 14.6. The Kier molecular flexibility index (Phi) is 4.96. The summed E-state index contributed by atoms with van der Waals surface area (Å²) in [5, 5.41) is 21.8. The molecule has 6 nitrogen and oxygen atoms in total. The lowest BCUT2D eigenvalue weighted by Gasteiger charge is -2.30. The number of nitrogens with one attached hydrogen (secondary N) is 1. The van der Waals surface area contributed by atoms with E-state index in [4.69, 9.17) is 14.9 Å². The van der Waals surface area contributed by atoms with Gasteiger partial charge in [0.05, 0.1) is 24.4 Å². The summed E-state index contributed by atoms with van der Waals surface area (Å²) in [7, 11) is 0. The van der Waals surface area contributed by atoms with Crippen molar-refractivity contribution in [1.29, 1.82) is 5.41 Å². The highest BCUT2D eigenvalue weighted by Crippen LogP contribution is 2.34. The van der Waals surface area contributed by atoms with Gasteiger partial charge in [0.1, 0.15) is 23.2 Å². The van der Waals surface area contributed by atoms with Crippen LogP contribution in [0.5, 0.6) is 11.5 Å². The molecule has 0 fully saturated rings. The molecule has 30 heavy (non-hydrogen) atoms. The van der Waals surface area contributed by atoms with Gasteiger partial charge in [0.2, 0.25) is 0 Å². The van der Waals surface area contributed by atoms with E-state index in [0.29, 0.717) is 29.5 Å². The van der Waals surface area contributed by atoms with Gasteiger partial charge in [-0.3, -0.25) is 5.41 Å². The molecule has 0 saturated heterocycles. The highest BCUT2D eigenvalue weighted by atomic mass is 79.9. The Morgan fingerprint density at radius 1 is 1.17 bits per heavy atom. The van der Waals surface area contributed by atoms with Gasteiger partial charge >= 0.3 is 0 Å². The van der Waals surface area contributed by atoms with E-state index in [9.17, 15) is 5.11 Å². The third kappa shape index (κ3) is 3.57. The number of aliphatic hydroxyl groups excluding tert-OH is 1. The van der Waals surface area contributed by atoms with Crippen LogP contribution in [0.1, 0.15) is 5.01 Å². The summed E-state index contributed by atoms with van der Waals surface area (Å²) in [6.45, 7) is 1.12. The van der Waals surface area contributed by atoms with Crippen LogP contribution in [0.15, 0.2) is 64.1 Å². The molecule has 1 atom stereocenters. The second kappa shape index (κ2) is 7.77. The zero-order valence-corrected chi connectivity index (χ0v) is 18.2. The van der Waals surface area contributed by atoms with Gasteiger partial charge in [-0.2, -0.15) is 0 Å². The van der Waals surface area contributed by atoms with E-state index < -0.39 is 0 Å². The lowest BCUT2D eigenvalue weighted by atomic mass is 10.2. The molecule has 0 spiro atoms. The number of benzene rings is 2. The van der Waals surface area contributed by atoms with E-state index in [1.807, 2.05) is 53.9 Å². The quantitative estimate of drug-likeness (QED) is 0.547. The van der Waals surface area contributed by atoms with Crippen molar-refractivity contribution < 1.29 is 14.6 Å². The summed E-state index contributed by atoms with van der Waals surface area (Å²) in [5.74, 6) is 1.85. The van der Waals surface area contributed by atoms with Gasteiger partial charge in [0, 0.05) is 15.4 Å². The third-order valence-corrected chi connectivity index (χ3v) is 6.42. The minimum absolute atomic E-state index is 0.161. The van der Waals surface area contributed by atoms with E-state index in [-0.39, 0.29) is 24.2 Å². The van der Waals surface area contributed by atoms with Crippen LogP contribution in [0.2, 0.25) is 0 Å². The standard InChI is InChI=1S/C22H18BrN3O3S/c23-14-7-5-13(6-8-14)16-12-30-22(25-16)20-17(27)10-26(21(20)24)9-15-11-28-18-3-1-2-4-19(18)29-15/h1-8,12,15,24,27H,9-11H2/t15-/m0/s1. The Balaban J connectivity index is 1.31. The molecule has 0 amide bonds. The van der Waals surface area contributed by atoms with Crippen LogP contribution in [0, 0.1) is 5.41 Å². The summed E-state index contributed by atoms with van der Waals surface area (Å²) in [6, 6.07) is 15.5. The predicted octanol–water partition coefficient (Wildman–Crippen LogP) is 4.97. The van der Waals surface area contributed by atoms with Crippen molar-refractivity contribution in [3.05, 3.63) is 69.2 Å². The smallest absolute Gasteiger partial charge is 0.161 e. The van der Waals surface area contributed by atoms with Crippen molar-refractivity contribution in [2.24, 2.45) is 0 Å². The molecular weight excluding hydrogens is 466 g/mol. The molecule has 8 heteroatoms. The van der Waals surface area contributed by atoms with Crippen molar-refractivity contribution in [1.82, 2.24) is 9.88 Å². The molecule has 0 saturated carbocycles. The molecule has 2 aliphatic rings. The fraction of sp³-hybridized carbons (Fsp3) is 0.182. The van der Waals surface area contributed by atoms with Gasteiger partial charge < -0.3 is 19.5 Å². The number of ether oxygens (including phenoxy) is 2. The minimum Gasteiger partial charge on any atom is -0.510 e. The number of rotatable bonds is 4. The second-order valence-corrected chi connectivity index (χ2v) is 8.87. The molecule has 0 bridgehead atoms. The Bertz CT molecular complexity index is 1140. The largest absolute Gasteiger partial charge is 0.510 e. The van der Waals surface area contributed by atoms with Crippen molar-refractivity contribution in [3.63, 3.8) is 0 Å². The van der Waals surface area contributed by atoms with Crippen LogP contribution in [0.4, 0.5) is 0 Å². The van der Waals surface area contributed by atoms with E-state index in [0.717, 1.165) is 21.5 Å². The van der Waals surface area contributed by atoms with E-state index in [2.05, 4.69) is 20.9 Å². The van der Waals surface area contributed by atoms with Crippen LogP contribution in [0.3, 0.4) is 0 Å². The second-order valence-electron chi connectivity index (χ2n) is 7.09. The van der Waals surface area contributed by atoms with Gasteiger partial charge in [0.15, 0.2) is 17.6 Å².